The molecule has 0 saturated heterocycles. The van der Waals surface area contributed by atoms with Gasteiger partial charge in [0.2, 0.25) is 0 Å². The lowest BCUT2D eigenvalue weighted by Crippen LogP contribution is -2.27. The third-order valence-electron chi connectivity index (χ3n) is 1.96. The second-order valence-corrected chi connectivity index (χ2v) is 3.63. The summed E-state index contributed by atoms with van der Waals surface area (Å²) in [5.74, 6) is -0.113. The Morgan fingerprint density at radius 3 is 2.93 bits per heavy atom. The van der Waals surface area contributed by atoms with Crippen LogP contribution in [0.1, 0.15) is 23.8 Å². The molecule has 1 rings (SSSR count). The summed E-state index contributed by atoms with van der Waals surface area (Å²) in [4.78, 5) is 14.3. The van der Waals surface area contributed by atoms with E-state index in [0.717, 1.165) is 19.5 Å². The average Bonchev–Trinajstić information content (AvgIpc) is 2.64. The Hall–Kier alpha value is -1.00. The van der Waals surface area contributed by atoms with Gasteiger partial charge in [-0.2, -0.15) is 0 Å². The van der Waals surface area contributed by atoms with Gasteiger partial charge in [0.15, 0.2) is 0 Å². The second kappa shape index (κ2) is 6.48. The number of aromatic amines is 1. The Labute approximate surface area is 94.4 Å². The first-order valence-electron chi connectivity index (χ1n) is 5.07. The summed E-state index contributed by atoms with van der Waals surface area (Å²) in [7, 11) is 0. The molecule has 0 saturated carbocycles. The highest BCUT2D eigenvalue weighted by Gasteiger charge is 2.06. The lowest BCUT2D eigenvalue weighted by molar-refractivity contribution is 0.0949. The Morgan fingerprint density at radius 2 is 2.33 bits per heavy atom. The molecular formula is C10H16ClN3O. The number of nitrogens with one attached hydrogen (secondary N) is 3. The van der Waals surface area contributed by atoms with Crippen LogP contribution in [0.3, 0.4) is 0 Å². The predicted molar refractivity (Wildman–Crippen MR) is 61.3 cm³/mol. The molecule has 1 heterocycles. The molecule has 0 aliphatic carbocycles. The van der Waals surface area contributed by atoms with E-state index in [1.54, 1.807) is 12.3 Å². The molecule has 0 radical (unpaired) electrons. The van der Waals surface area contributed by atoms with E-state index in [1.165, 1.54) is 0 Å². The highest BCUT2D eigenvalue weighted by Crippen LogP contribution is 2.08. The first-order valence-corrected chi connectivity index (χ1v) is 5.44. The summed E-state index contributed by atoms with van der Waals surface area (Å²) in [5, 5.41) is 6.54. The highest BCUT2D eigenvalue weighted by atomic mass is 35.5. The largest absolute Gasteiger partial charge is 0.356 e. The topological polar surface area (TPSA) is 56.9 Å². The van der Waals surface area contributed by atoms with Crippen LogP contribution in [0, 0.1) is 0 Å². The Morgan fingerprint density at radius 1 is 1.53 bits per heavy atom. The molecule has 0 bridgehead atoms. The van der Waals surface area contributed by atoms with E-state index in [4.69, 9.17) is 11.6 Å². The molecule has 0 aliphatic rings. The van der Waals surface area contributed by atoms with Gasteiger partial charge in [-0.3, -0.25) is 4.79 Å². The van der Waals surface area contributed by atoms with Crippen molar-refractivity contribution in [1.82, 2.24) is 15.6 Å². The van der Waals surface area contributed by atoms with Crippen molar-refractivity contribution in [2.75, 3.05) is 19.6 Å². The first kappa shape index (κ1) is 12.1. The van der Waals surface area contributed by atoms with Gasteiger partial charge in [0.1, 0.15) is 5.69 Å². The molecule has 1 amide bonds. The standard InChI is InChI=1S/C10H16ClN3O/c1-2-12-4-3-5-13-10(15)9-6-8(11)7-14-9/h6-7,12,14H,2-5H2,1H3,(H,13,15). The molecular weight excluding hydrogens is 214 g/mol. The van der Waals surface area contributed by atoms with Gasteiger partial charge in [0.05, 0.1) is 5.02 Å². The summed E-state index contributed by atoms with van der Waals surface area (Å²) < 4.78 is 0. The van der Waals surface area contributed by atoms with Crippen molar-refractivity contribution in [2.24, 2.45) is 0 Å². The Bertz CT molecular complexity index is 311. The fourth-order valence-electron chi connectivity index (χ4n) is 1.19. The van der Waals surface area contributed by atoms with Crippen molar-refractivity contribution in [3.8, 4) is 0 Å². The molecule has 1 aromatic rings. The van der Waals surface area contributed by atoms with E-state index < -0.39 is 0 Å². The SMILES string of the molecule is CCNCCCNC(=O)c1cc(Cl)c[nH]1. The fraction of sp³-hybridized carbons (Fsp3) is 0.500. The molecule has 4 nitrogen and oxygen atoms in total. The first-order chi connectivity index (χ1) is 7.24. The summed E-state index contributed by atoms with van der Waals surface area (Å²) >= 11 is 5.69. The van der Waals surface area contributed by atoms with E-state index >= 15 is 0 Å². The van der Waals surface area contributed by atoms with Crippen molar-refractivity contribution in [3.05, 3.63) is 23.0 Å². The molecule has 5 heteroatoms. The molecule has 0 aromatic carbocycles. The van der Waals surface area contributed by atoms with E-state index in [1.807, 2.05) is 0 Å². The van der Waals surface area contributed by atoms with Gasteiger partial charge >= 0.3 is 0 Å². The van der Waals surface area contributed by atoms with Crippen molar-refractivity contribution < 1.29 is 4.79 Å². The molecule has 0 aliphatic heterocycles. The summed E-state index contributed by atoms with van der Waals surface area (Å²) in [6.07, 6.45) is 2.52. The van der Waals surface area contributed by atoms with Crippen LogP contribution < -0.4 is 10.6 Å². The molecule has 0 fully saturated rings. The van der Waals surface area contributed by atoms with E-state index in [-0.39, 0.29) is 5.91 Å². The van der Waals surface area contributed by atoms with Gasteiger partial charge in [-0.1, -0.05) is 18.5 Å². The van der Waals surface area contributed by atoms with Crippen LogP contribution in [0.25, 0.3) is 0 Å². The number of hydrogen-bond donors (Lipinski definition) is 3. The van der Waals surface area contributed by atoms with E-state index in [2.05, 4.69) is 22.5 Å². The van der Waals surface area contributed by atoms with Gasteiger partial charge < -0.3 is 15.6 Å². The smallest absolute Gasteiger partial charge is 0.267 e. The summed E-state index contributed by atoms with van der Waals surface area (Å²) in [6.45, 7) is 4.60. The normalized spacial score (nSPS) is 10.3. The third kappa shape index (κ3) is 4.36. The molecule has 3 N–H and O–H groups in total. The van der Waals surface area contributed by atoms with E-state index in [0.29, 0.717) is 17.3 Å². The molecule has 0 atom stereocenters. The summed E-state index contributed by atoms with van der Waals surface area (Å²) in [5.41, 5.74) is 0.503. The molecule has 1 aromatic heterocycles. The molecule has 0 spiro atoms. The molecule has 84 valence electrons. The van der Waals surface area contributed by atoms with Crippen molar-refractivity contribution in [3.63, 3.8) is 0 Å². The van der Waals surface area contributed by atoms with Crippen molar-refractivity contribution in [1.29, 1.82) is 0 Å². The number of H-pyrrole nitrogens is 1. The number of rotatable bonds is 6. The zero-order valence-electron chi connectivity index (χ0n) is 8.77. The number of aromatic nitrogens is 1. The van der Waals surface area contributed by atoms with Crippen LogP contribution in [0.15, 0.2) is 12.3 Å². The number of halogens is 1. The van der Waals surface area contributed by atoms with Crippen LogP contribution >= 0.6 is 11.6 Å². The highest BCUT2D eigenvalue weighted by molar-refractivity contribution is 6.30. The Kier molecular flexibility index (Phi) is 5.21. The average molecular weight is 230 g/mol. The minimum atomic E-state index is -0.113. The zero-order chi connectivity index (χ0) is 11.1. The van der Waals surface area contributed by atoms with Crippen molar-refractivity contribution >= 4 is 17.5 Å². The monoisotopic (exact) mass is 229 g/mol. The third-order valence-corrected chi connectivity index (χ3v) is 2.18. The molecule has 15 heavy (non-hydrogen) atoms. The van der Waals surface area contributed by atoms with Gasteiger partial charge in [-0.05, 0) is 25.6 Å². The zero-order valence-corrected chi connectivity index (χ0v) is 9.53. The van der Waals surface area contributed by atoms with Crippen LogP contribution in [-0.2, 0) is 0 Å². The van der Waals surface area contributed by atoms with Crippen LogP contribution in [-0.4, -0.2) is 30.5 Å². The van der Waals surface area contributed by atoms with Gasteiger partial charge in [0.25, 0.3) is 5.91 Å². The number of hydrogen-bond acceptors (Lipinski definition) is 2. The fourth-order valence-corrected chi connectivity index (χ4v) is 1.35. The second-order valence-electron chi connectivity index (χ2n) is 3.19. The van der Waals surface area contributed by atoms with Crippen LogP contribution in [0.5, 0.6) is 0 Å². The van der Waals surface area contributed by atoms with Gasteiger partial charge in [0, 0.05) is 12.7 Å². The number of carbonyl (C=O) groups excluding carboxylic acids is 1. The van der Waals surface area contributed by atoms with Crippen molar-refractivity contribution in [2.45, 2.75) is 13.3 Å². The minimum Gasteiger partial charge on any atom is -0.356 e. The summed E-state index contributed by atoms with van der Waals surface area (Å²) in [6, 6.07) is 1.61. The van der Waals surface area contributed by atoms with E-state index in [9.17, 15) is 4.79 Å². The maximum atomic E-state index is 11.5. The number of carbonyl (C=O) groups is 1. The lowest BCUT2D eigenvalue weighted by Gasteiger charge is -2.03. The maximum absolute atomic E-state index is 11.5. The minimum absolute atomic E-state index is 0.113. The van der Waals surface area contributed by atoms with Crippen LogP contribution in [0.2, 0.25) is 5.02 Å². The maximum Gasteiger partial charge on any atom is 0.267 e. The Balaban J connectivity index is 2.19. The van der Waals surface area contributed by atoms with Gasteiger partial charge in [-0.25, -0.2) is 0 Å². The van der Waals surface area contributed by atoms with Gasteiger partial charge in [-0.15, -0.1) is 0 Å². The van der Waals surface area contributed by atoms with Crippen LogP contribution in [0.4, 0.5) is 0 Å². The predicted octanol–water partition coefficient (Wildman–Crippen LogP) is 1.40. The number of amides is 1. The quantitative estimate of drug-likeness (QED) is 0.646. The lowest BCUT2D eigenvalue weighted by atomic mass is 10.3. The molecule has 0 unspecified atom stereocenters.